The fourth-order valence-corrected chi connectivity index (χ4v) is 3.87. The van der Waals surface area contributed by atoms with Crippen LogP contribution in [0.5, 0.6) is 0 Å². The monoisotopic (exact) mass is 368 g/mol. The molecule has 2 aromatic rings. The first kappa shape index (κ1) is 18.5. The molecule has 0 aromatic heterocycles. The van der Waals surface area contributed by atoms with Crippen LogP contribution in [-0.2, 0) is 4.79 Å². The van der Waals surface area contributed by atoms with Gasteiger partial charge in [-0.2, -0.15) is 0 Å². The summed E-state index contributed by atoms with van der Waals surface area (Å²) in [5.41, 5.74) is 1.09. The molecule has 3 rings (SSSR count). The van der Waals surface area contributed by atoms with E-state index in [-0.39, 0.29) is 17.9 Å². The molecule has 1 aliphatic rings. The lowest BCUT2D eigenvalue weighted by Crippen LogP contribution is -2.36. The summed E-state index contributed by atoms with van der Waals surface area (Å²) < 4.78 is 0. The molecule has 26 heavy (non-hydrogen) atoms. The smallest absolute Gasteiger partial charge is 0.253 e. The van der Waals surface area contributed by atoms with Crippen molar-refractivity contribution in [2.45, 2.75) is 43.0 Å². The van der Waals surface area contributed by atoms with Gasteiger partial charge < -0.3 is 10.6 Å². The third kappa shape index (κ3) is 5.36. The number of hydrogen-bond donors (Lipinski definition) is 2. The standard InChI is InChI=1S/C21H24N2O2S/c24-20(15-26-17-11-5-2-6-12-17)23-19-14-8-7-13-18(19)21(25)22-16-9-3-1-4-10-16/h2,5-8,11-14,16H,1,3-4,9-10,15H2,(H,22,25)(H,23,24). The predicted molar refractivity (Wildman–Crippen MR) is 107 cm³/mol. The number of thioether (sulfide) groups is 1. The lowest BCUT2D eigenvalue weighted by atomic mass is 9.95. The molecule has 0 spiro atoms. The minimum absolute atomic E-state index is 0.108. The number of carbonyl (C=O) groups is 2. The van der Waals surface area contributed by atoms with Crippen molar-refractivity contribution in [3.63, 3.8) is 0 Å². The summed E-state index contributed by atoms with van der Waals surface area (Å²) in [5, 5.41) is 5.99. The highest BCUT2D eigenvalue weighted by Gasteiger charge is 2.19. The van der Waals surface area contributed by atoms with Gasteiger partial charge in [-0.05, 0) is 37.1 Å². The number of para-hydroxylation sites is 1. The molecule has 1 saturated carbocycles. The van der Waals surface area contributed by atoms with Crippen molar-refractivity contribution in [1.82, 2.24) is 5.32 Å². The van der Waals surface area contributed by atoms with E-state index in [1.165, 1.54) is 31.0 Å². The molecule has 2 amide bonds. The highest BCUT2D eigenvalue weighted by Crippen LogP contribution is 2.21. The van der Waals surface area contributed by atoms with Crippen LogP contribution in [0.15, 0.2) is 59.5 Å². The van der Waals surface area contributed by atoms with E-state index in [9.17, 15) is 9.59 Å². The summed E-state index contributed by atoms with van der Waals surface area (Å²) in [6.45, 7) is 0. The van der Waals surface area contributed by atoms with Gasteiger partial charge in [0.1, 0.15) is 0 Å². The minimum Gasteiger partial charge on any atom is -0.349 e. The fraction of sp³-hybridized carbons (Fsp3) is 0.333. The van der Waals surface area contributed by atoms with Crippen LogP contribution in [0.4, 0.5) is 5.69 Å². The van der Waals surface area contributed by atoms with Crippen molar-refractivity contribution < 1.29 is 9.59 Å². The molecule has 2 N–H and O–H groups in total. The molecule has 0 saturated heterocycles. The largest absolute Gasteiger partial charge is 0.349 e. The van der Waals surface area contributed by atoms with Gasteiger partial charge in [0.25, 0.3) is 5.91 Å². The number of amides is 2. The van der Waals surface area contributed by atoms with E-state index in [0.29, 0.717) is 17.0 Å². The van der Waals surface area contributed by atoms with Gasteiger partial charge in [-0.25, -0.2) is 0 Å². The Bertz CT molecular complexity index is 743. The van der Waals surface area contributed by atoms with Crippen LogP contribution in [0, 0.1) is 0 Å². The van der Waals surface area contributed by atoms with E-state index in [2.05, 4.69) is 10.6 Å². The first-order valence-corrected chi connectivity index (χ1v) is 10.1. The van der Waals surface area contributed by atoms with Gasteiger partial charge in [-0.3, -0.25) is 9.59 Å². The minimum atomic E-state index is -0.114. The van der Waals surface area contributed by atoms with Crippen LogP contribution in [0.1, 0.15) is 42.5 Å². The Labute approximate surface area is 158 Å². The van der Waals surface area contributed by atoms with E-state index in [0.717, 1.165) is 17.7 Å². The number of benzene rings is 2. The van der Waals surface area contributed by atoms with Crippen molar-refractivity contribution in [2.75, 3.05) is 11.1 Å². The highest BCUT2D eigenvalue weighted by atomic mass is 32.2. The van der Waals surface area contributed by atoms with Gasteiger partial charge in [-0.1, -0.05) is 49.6 Å². The van der Waals surface area contributed by atoms with Crippen LogP contribution in [0.2, 0.25) is 0 Å². The molecule has 2 aromatic carbocycles. The predicted octanol–water partition coefficient (Wildman–Crippen LogP) is 4.48. The van der Waals surface area contributed by atoms with Crippen molar-refractivity contribution in [3.05, 3.63) is 60.2 Å². The molecule has 0 unspecified atom stereocenters. The number of carbonyl (C=O) groups excluding carboxylic acids is 2. The lowest BCUT2D eigenvalue weighted by molar-refractivity contribution is -0.113. The van der Waals surface area contributed by atoms with Crippen LogP contribution >= 0.6 is 11.8 Å². The molecule has 0 aliphatic heterocycles. The Balaban J connectivity index is 1.59. The first-order chi connectivity index (χ1) is 12.7. The highest BCUT2D eigenvalue weighted by molar-refractivity contribution is 8.00. The van der Waals surface area contributed by atoms with E-state index in [1.54, 1.807) is 12.1 Å². The van der Waals surface area contributed by atoms with Crippen molar-refractivity contribution in [3.8, 4) is 0 Å². The van der Waals surface area contributed by atoms with Gasteiger partial charge in [0, 0.05) is 10.9 Å². The summed E-state index contributed by atoms with van der Waals surface area (Å²) >= 11 is 1.48. The molecule has 5 heteroatoms. The fourth-order valence-electron chi connectivity index (χ4n) is 3.15. The zero-order valence-corrected chi connectivity index (χ0v) is 15.6. The first-order valence-electron chi connectivity index (χ1n) is 9.10. The third-order valence-electron chi connectivity index (χ3n) is 4.50. The molecule has 136 valence electrons. The second-order valence-electron chi connectivity index (χ2n) is 6.50. The van der Waals surface area contributed by atoms with Crippen molar-refractivity contribution >= 4 is 29.3 Å². The van der Waals surface area contributed by atoms with Crippen LogP contribution in [-0.4, -0.2) is 23.6 Å². The number of rotatable bonds is 6. The van der Waals surface area contributed by atoms with Gasteiger partial charge >= 0.3 is 0 Å². The summed E-state index contributed by atoms with van der Waals surface area (Å²) in [5.74, 6) is 0.0862. The molecule has 0 heterocycles. The number of anilines is 1. The average molecular weight is 369 g/mol. The molecular formula is C21H24N2O2S. The molecule has 0 atom stereocenters. The SMILES string of the molecule is O=C(CSc1ccccc1)Nc1ccccc1C(=O)NC1CCCCC1. The summed E-state index contributed by atoms with van der Waals surface area (Å²) in [6.07, 6.45) is 5.65. The van der Waals surface area contributed by atoms with Crippen molar-refractivity contribution in [1.29, 1.82) is 0 Å². The van der Waals surface area contributed by atoms with Crippen LogP contribution in [0.3, 0.4) is 0 Å². The second kappa shape index (κ2) is 9.43. The maximum Gasteiger partial charge on any atom is 0.253 e. The Morgan fingerprint density at radius 2 is 1.62 bits per heavy atom. The van der Waals surface area contributed by atoms with E-state index in [1.807, 2.05) is 42.5 Å². The zero-order valence-electron chi connectivity index (χ0n) is 14.7. The van der Waals surface area contributed by atoms with Gasteiger partial charge in [-0.15, -0.1) is 11.8 Å². The van der Waals surface area contributed by atoms with Gasteiger partial charge in [0.2, 0.25) is 5.91 Å². The third-order valence-corrected chi connectivity index (χ3v) is 5.51. The Morgan fingerprint density at radius 1 is 0.923 bits per heavy atom. The van der Waals surface area contributed by atoms with Crippen LogP contribution < -0.4 is 10.6 Å². The van der Waals surface area contributed by atoms with Crippen LogP contribution in [0.25, 0.3) is 0 Å². The average Bonchev–Trinajstić information content (AvgIpc) is 2.68. The topological polar surface area (TPSA) is 58.2 Å². The maximum absolute atomic E-state index is 12.6. The summed E-state index contributed by atoms with van der Waals surface area (Å²) in [6, 6.07) is 17.2. The molecular weight excluding hydrogens is 344 g/mol. The normalized spacial score (nSPS) is 14.6. The molecule has 4 nitrogen and oxygen atoms in total. The van der Waals surface area contributed by atoms with Gasteiger partial charge in [0.05, 0.1) is 17.0 Å². The Morgan fingerprint density at radius 3 is 2.38 bits per heavy atom. The molecule has 1 aliphatic carbocycles. The zero-order chi connectivity index (χ0) is 18.2. The number of nitrogens with one attached hydrogen (secondary N) is 2. The molecule has 0 bridgehead atoms. The maximum atomic E-state index is 12.6. The van der Waals surface area contributed by atoms with E-state index in [4.69, 9.17) is 0 Å². The Kier molecular flexibility index (Phi) is 6.72. The second-order valence-corrected chi connectivity index (χ2v) is 7.55. The number of hydrogen-bond acceptors (Lipinski definition) is 3. The molecule has 0 radical (unpaired) electrons. The summed E-state index contributed by atoms with van der Waals surface area (Å²) in [4.78, 5) is 26.0. The van der Waals surface area contributed by atoms with Crippen molar-refractivity contribution in [2.24, 2.45) is 0 Å². The lowest BCUT2D eigenvalue weighted by Gasteiger charge is -2.23. The Hall–Kier alpha value is -2.27. The quantitative estimate of drug-likeness (QED) is 0.739. The van der Waals surface area contributed by atoms with E-state index < -0.39 is 0 Å². The van der Waals surface area contributed by atoms with E-state index >= 15 is 0 Å². The van der Waals surface area contributed by atoms with Gasteiger partial charge in [0.15, 0.2) is 0 Å². The summed E-state index contributed by atoms with van der Waals surface area (Å²) in [7, 11) is 0. The molecule has 1 fully saturated rings.